The van der Waals surface area contributed by atoms with Crippen molar-refractivity contribution in [1.82, 2.24) is 10.2 Å². The lowest BCUT2D eigenvalue weighted by molar-refractivity contribution is -0.141. The first kappa shape index (κ1) is 15.2. The summed E-state index contributed by atoms with van der Waals surface area (Å²) in [5.74, 6) is -1.51. The van der Waals surface area contributed by atoms with Gasteiger partial charge in [-0.05, 0) is 24.6 Å². The third-order valence-electron chi connectivity index (χ3n) is 3.53. The molecular weight excluding hydrogens is 279 g/mol. The summed E-state index contributed by atoms with van der Waals surface area (Å²) in [6.07, 6.45) is -0.814. The maximum Gasteiger partial charge on any atom is 0.326 e. The number of benzene rings is 1. The van der Waals surface area contributed by atoms with Gasteiger partial charge in [0.2, 0.25) is 0 Å². The quantitative estimate of drug-likeness (QED) is 0.779. The normalized spacial score (nSPS) is 22.9. The number of aliphatic hydroxyl groups excluding tert-OH is 1. The van der Waals surface area contributed by atoms with E-state index in [-0.39, 0.29) is 18.8 Å². The molecule has 2 amide bonds. The number of hydrogen-bond donors (Lipinski definition) is 3. The second kappa shape index (κ2) is 6.09. The van der Waals surface area contributed by atoms with Crippen LogP contribution in [0.4, 0.5) is 9.18 Å². The van der Waals surface area contributed by atoms with Crippen LogP contribution in [0, 0.1) is 5.82 Å². The Bertz CT molecular complexity index is 534. The van der Waals surface area contributed by atoms with E-state index in [0.29, 0.717) is 5.56 Å². The number of aliphatic hydroxyl groups is 1. The Kier molecular flexibility index (Phi) is 4.42. The van der Waals surface area contributed by atoms with E-state index in [1.165, 1.54) is 12.1 Å². The van der Waals surface area contributed by atoms with Crippen molar-refractivity contribution in [3.8, 4) is 0 Å². The summed E-state index contributed by atoms with van der Waals surface area (Å²) < 4.78 is 12.9. The van der Waals surface area contributed by atoms with Crippen molar-refractivity contribution in [3.63, 3.8) is 0 Å². The summed E-state index contributed by atoms with van der Waals surface area (Å²) in [7, 11) is 0. The first-order valence-electron chi connectivity index (χ1n) is 6.62. The van der Waals surface area contributed by atoms with Crippen LogP contribution < -0.4 is 5.32 Å². The summed E-state index contributed by atoms with van der Waals surface area (Å²) in [6.45, 7) is 1.70. The van der Waals surface area contributed by atoms with Crippen LogP contribution in [0.3, 0.4) is 0 Å². The molecule has 0 bridgehead atoms. The molecule has 2 rings (SSSR count). The molecule has 114 valence electrons. The molecule has 7 heteroatoms. The summed E-state index contributed by atoms with van der Waals surface area (Å²) in [5.41, 5.74) is 0.705. The molecule has 1 unspecified atom stereocenters. The second-order valence-electron chi connectivity index (χ2n) is 5.12. The zero-order chi connectivity index (χ0) is 15.6. The Hall–Kier alpha value is -2.15. The molecule has 1 saturated heterocycles. The number of urea groups is 1. The topological polar surface area (TPSA) is 89.9 Å². The predicted molar refractivity (Wildman–Crippen MR) is 72.1 cm³/mol. The van der Waals surface area contributed by atoms with Crippen LogP contribution in [0.1, 0.15) is 24.9 Å². The van der Waals surface area contributed by atoms with Crippen molar-refractivity contribution in [3.05, 3.63) is 35.6 Å². The molecule has 3 atom stereocenters. The van der Waals surface area contributed by atoms with E-state index < -0.39 is 30.2 Å². The second-order valence-corrected chi connectivity index (χ2v) is 5.12. The lowest BCUT2D eigenvalue weighted by Crippen LogP contribution is -2.46. The lowest BCUT2D eigenvalue weighted by Gasteiger charge is -2.24. The van der Waals surface area contributed by atoms with Crippen molar-refractivity contribution in [2.75, 3.05) is 6.54 Å². The number of likely N-dealkylation sites (tertiary alicyclic amines) is 1. The van der Waals surface area contributed by atoms with Crippen LogP contribution in [0.15, 0.2) is 24.3 Å². The van der Waals surface area contributed by atoms with Crippen molar-refractivity contribution < 1.29 is 24.2 Å². The summed E-state index contributed by atoms with van der Waals surface area (Å²) >= 11 is 0. The number of β-amino-alcohol motifs (C(OH)–C–C–N with tert-alkyl or cyclic N) is 1. The number of aliphatic carboxylic acids is 1. The van der Waals surface area contributed by atoms with Gasteiger partial charge in [-0.2, -0.15) is 0 Å². The van der Waals surface area contributed by atoms with Gasteiger partial charge in [-0.25, -0.2) is 14.0 Å². The average molecular weight is 296 g/mol. The van der Waals surface area contributed by atoms with Crippen molar-refractivity contribution >= 4 is 12.0 Å². The highest BCUT2D eigenvalue weighted by Crippen LogP contribution is 2.20. The SMILES string of the molecule is CC(NC(=O)N1C[C@@H](O)C[C@H]1C(=O)O)c1ccc(F)cc1. The smallest absolute Gasteiger partial charge is 0.326 e. The number of carbonyl (C=O) groups excluding carboxylic acids is 1. The van der Waals surface area contributed by atoms with Gasteiger partial charge in [0.05, 0.1) is 12.1 Å². The monoisotopic (exact) mass is 296 g/mol. The fourth-order valence-electron chi connectivity index (χ4n) is 2.38. The van der Waals surface area contributed by atoms with Gasteiger partial charge in [0.1, 0.15) is 11.9 Å². The molecule has 0 spiro atoms. The Balaban J connectivity index is 2.03. The Morgan fingerprint density at radius 1 is 1.38 bits per heavy atom. The molecular formula is C14H17FN2O4. The first-order chi connectivity index (χ1) is 9.88. The van der Waals surface area contributed by atoms with Gasteiger partial charge < -0.3 is 20.4 Å². The molecule has 6 nitrogen and oxygen atoms in total. The standard InChI is InChI=1S/C14H17FN2O4/c1-8(9-2-4-10(15)5-3-9)16-14(21)17-7-11(18)6-12(17)13(19)20/h2-5,8,11-12,18H,6-7H2,1H3,(H,16,21)(H,19,20)/t8?,11-,12-/m0/s1. The van der Waals surface area contributed by atoms with Crippen molar-refractivity contribution in [2.24, 2.45) is 0 Å². The van der Waals surface area contributed by atoms with E-state index in [2.05, 4.69) is 5.32 Å². The van der Waals surface area contributed by atoms with Crippen LogP contribution in [-0.2, 0) is 4.79 Å². The van der Waals surface area contributed by atoms with E-state index in [4.69, 9.17) is 5.11 Å². The van der Waals surface area contributed by atoms with Gasteiger partial charge in [-0.1, -0.05) is 12.1 Å². The van der Waals surface area contributed by atoms with Gasteiger partial charge >= 0.3 is 12.0 Å². The maximum absolute atomic E-state index is 12.9. The summed E-state index contributed by atoms with van der Waals surface area (Å²) in [6, 6.07) is 3.69. The Morgan fingerprint density at radius 3 is 2.57 bits per heavy atom. The molecule has 0 aromatic heterocycles. The van der Waals surface area contributed by atoms with Crippen LogP contribution in [-0.4, -0.2) is 45.8 Å². The predicted octanol–water partition coefficient (Wildman–Crippen LogP) is 1.12. The number of nitrogens with one attached hydrogen (secondary N) is 1. The molecule has 1 aliphatic heterocycles. The molecule has 1 fully saturated rings. The molecule has 0 aliphatic carbocycles. The van der Waals surface area contributed by atoms with Crippen LogP contribution in [0.2, 0.25) is 0 Å². The molecule has 1 aliphatic rings. The number of amides is 2. The summed E-state index contributed by atoms with van der Waals surface area (Å²) in [4.78, 5) is 24.3. The minimum absolute atomic E-state index is 0.0149. The van der Waals surface area contributed by atoms with E-state index in [9.17, 15) is 19.1 Å². The zero-order valence-electron chi connectivity index (χ0n) is 11.5. The molecule has 1 heterocycles. The number of nitrogens with zero attached hydrogens (tertiary/aromatic N) is 1. The van der Waals surface area contributed by atoms with E-state index >= 15 is 0 Å². The zero-order valence-corrected chi connectivity index (χ0v) is 11.5. The van der Waals surface area contributed by atoms with Crippen LogP contribution in [0.5, 0.6) is 0 Å². The van der Waals surface area contributed by atoms with Crippen LogP contribution in [0.25, 0.3) is 0 Å². The first-order valence-corrected chi connectivity index (χ1v) is 6.62. The molecule has 0 radical (unpaired) electrons. The highest BCUT2D eigenvalue weighted by molar-refractivity contribution is 5.83. The number of rotatable bonds is 3. The number of hydrogen-bond acceptors (Lipinski definition) is 3. The molecule has 1 aromatic carbocycles. The number of carboxylic acids is 1. The molecule has 0 saturated carbocycles. The minimum atomic E-state index is -1.14. The van der Waals surface area contributed by atoms with Crippen LogP contribution >= 0.6 is 0 Å². The molecule has 3 N–H and O–H groups in total. The largest absolute Gasteiger partial charge is 0.480 e. The van der Waals surface area contributed by atoms with E-state index in [1.807, 2.05) is 0 Å². The fraction of sp³-hybridized carbons (Fsp3) is 0.429. The van der Waals surface area contributed by atoms with Crippen molar-refractivity contribution in [1.29, 1.82) is 0 Å². The van der Waals surface area contributed by atoms with E-state index in [1.54, 1.807) is 19.1 Å². The maximum atomic E-state index is 12.9. The van der Waals surface area contributed by atoms with Crippen molar-refractivity contribution in [2.45, 2.75) is 31.5 Å². The van der Waals surface area contributed by atoms with Gasteiger partial charge in [0.25, 0.3) is 0 Å². The van der Waals surface area contributed by atoms with E-state index in [0.717, 1.165) is 4.90 Å². The molecule has 1 aromatic rings. The summed E-state index contributed by atoms with van der Waals surface area (Å²) in [5, 5.41) is 21.2. The molecule has 21 heavy (non-hydrogen) atoms. The highest BCUT2D eigenvalue weighted by atomic mass is 19.1. The number of carbonyl (C=O) groups is 2. The Morgan fingerprint density at radius 2 is 2.00 bits per heavy atom. The highest BCUT2D eigenvalue weighted by Gasteiger charge is 2.39. The van der Waals surface area contributed by atoms with Gasteiger partial charge in [0.15, 0.2) is 0 Å². The van der Waals surface area contributed by atoms with Gasteiger partial charge in [-0.15, -0.1) is 0 Å². The minimum Gasteiger partial charge on any atom is -0.480 e. The lowest BCUT2D eigenvalue weighted by atomic mass is 10.1. The number of halogens is 1. The Labute approximate surface area is 121 Å². The average Bonchev–Trinajstić information content (AvgIpc) is 2.82. The third-order valence-corrected chi connectivity index (χ3v) is 3.53. The number of carboxylic acid groups (broad SMARTS) is 1. The van der Waals surface area contributed by atoms with Gasteiger partial charge in [-0.3, -0.25) is 0 Å². The fourth-order valence-corrected chi connectivity index (χ4v) is 2.38. The third kappa shape index (κ3) is 3.49. The van der Waals surface area contributed by atoms with Gasteiger partial charge in [0, 0.05) is 13.0 Å².